The molecule has 1 aliphatic heterocycles. The van der Waals surface area contributed by atoms with Crippen LogP contribution in [0.25, 0.3) is 5.76 Å². The van der Waals surface area contributed by atoms with Gasteiger partial charge in [-0.05, 0) is 74.0 Å². The number of rotatable bonds is 9. The zero-order valence-electron chi connectivity index (χ0n) is 22.2. The number of hydrogen-bond donors (Lipinski definition) is 1. The average molecular weight is 517 g/mol. The van der Waals surface area contributed by atoms with E-state index in [0.717, 1.165) is 18.8 Å². The molecule has 1 saturated heterocycles. The van der Waals surface area contributed by atoms with Crippen LogP contribution in [0.15, 0.2) is 72.3 Å². The largest absolute Gasteiger partial charge is 0.507 e. The van der Waals surface area contributed by atoms with Crippen molar-refractivity contribution in [1.29, 1.82) is 0 Å². The van der Waals surface area contributed by atoms with Crippen molar-refractivity contribution in [2.24, 2.45) is 0 Å². The second kappa shape index (κ2) is 11.3. The molecule has 1 fully saturated rings. The van der Waals surface area contributed by atoms with Gasteiger partial charge in [-0.3, -0.25) is 14.5 Å². The molecule has 4 rings (SSSR count). The molecule has 8 nitrogen and oxygen atoms in total. The highest BCUT2D eigenvalue weighted by atomic mass is 16.5. The van der Waals surface area contributed by atoms with Crippen LogP contribution in [0.5, 0.6) is 17.2 Å². The van der Waals surface area contributed by atoms with Crippen LogP contribution in [0.2, 0.25) is 0 Å². The lowest BCUT2D eigenvalue weighted by Gasteiger charge is -2.27. The summed E-state index contributed by atoms with van der Waals surface area (Å²) in [5, 5.41) is 11.4. The minimum Gasteiger partial charge on any atom is -0.507 e. The quantitative estimate of drug-likeness (QED) is 0.238. The fourth-order valence-corrected chi connectivity index (χ4v) is 4.75. The number of methoxy groups -OCH3 is 3. The van der Waals surface area contributed by atoms with Crippen LogP contribution in [0.1, 0.15) is 31.0 Å². The summed E-state index contributed by atoms with van der Waals surface area (Å²) < 4.78 is 16.0. The molecule has 38 heavy (non-hydrogen) atoms. The number of aliphatic hydroxyl groups excluding tert-OH is 1. The number of ketones is 1. The van der Waals surface area contributed by atoms with Gasteiger partial charge in [0.2, 0.25) is 0 Å². The predicted molar refractivity (Wildman–Crippen MR) is 147 cm³/mol. The Bertz CT molecular complexity index is 1340. The number of Topliss-reactive ketones (excluding diaryl/α,β-unsaturated/α-hetero) is 1. The van der Waals surface area contributed by atoms with Gasteiger partial charge in [0.1, 0.15) is 11.5 Å². The minimum absolute atomic E-state index is 0.0137. The summed E-state index contributed by atoms with van der Waals surface area (Å²) in [6, 6.07) is 18.6. The summed E-state index contributed by atoms with van der Waals surface area (Å²) in [5.74, 6) is -0.292. The Labute approximate surface area is 222 Å². The van der Waals surface area contributed by atoms with Gasteiger partial charge in [-0.1, -0.05) is 12.1 Å². The summed E-state index contributed by atoms with van der Waals surface area (Å²) in [5.41, 5.74) is 2.54. The molecule has 1 atom stereocenters. The number of benzene rings is 3. The topological polar surface area (TPSA) is 88.5 Å². The van der Waals surface area contributed by atoms with Crippen LogP contribution in [0.4, 0.5) is 11.4 Å². The average Bonchev–Trinajstić information content (AvgIpc) is 3.23. The van der Waals surface area contributed by atoms with Gasteiger partial charge >= 0.3 is 0 Å². The van der Waals surface area contributed by atoms with Gasteiger partial charge in [0.05, 0.1) is 32.9 Å². The van der Waals surface area contributed by atoms with E-state index in [1.54, 1.807) is 49.6 Å². The van der Waals surface area contributed by atoms with E-state index in [1.165, 1.54) is 19.1 Å². The first-order valence-corrected chi connectivity index (χ1v) is 12.4. The number of anilines is 2. The fourth-order valence-electron chi connectivity index (χ4n) is 4.75. The van der Waals surface area contributed by atoms with E-state index in [1.807, 2.05) is 24.3 Å². The van der Waals surface area contributed by atoms with Gasteiger partial charge in [0.25, 0.3) is 11.7 Å². The van der Waals surface area contributed by atoms with E-state index < -0.39 is 17.7 Å². The summed E-state index contributed by atoms with van der Waals surface area (Å²) in [4.78, 5) is 30.5. The molecule has 198 valence electrons. The Morgan fingerprint density at radius 2 is 1.47 bits per heavy atom. The van der Waals surface area contributed by atoms with E-state index in [4.69, 9.17) is 14.2 Å². The molecule has 0 bridgehead atoms. The molecule has 0 radical (unpaired) electrons. The summed E-state index contributed by atoms with van der Waals surface area (Å²) in [7, 11) is 4.56. The van der Waals surface area contributed by atoms with E-state index in [2.05, 4.69) is 18.7 Å². The predicted octanol–water partition coefficient (Wildman–Crippen LogP) is 5.18. The molecule has 1 aliphatic rings. The number of hydrogen-bond acceptors (Lipinski definition) is 7. The number of nitrogens with zero attached hydrogens (tertiary/aromatic N) is 2. The first kappa shape index (κ1) is 26.6. The summed E-state index contributed by atoms with van der Waals surface area (Å²) >= 11 is 0. The molecule has 1 N–H and O–H groups in total. The Morgan fingerprint density at radius 1 is 0.842 bits per heavy atom. The minimum atomic E-state index is -0.853. The van der Waals surface area contributed by atoms with Crippen molar-refractivity contribution >= 4 is 28.8 Å². The summed E-state index contributed by atoms with van der Waals surface area (Å²) in [6.07, 6.45) is 0. The summed E-state index contributed by atoms with van der Waals surface area (Å²) in [6.45, 7) is 5.84. The van der Waals surface area contributed by atoms with Crippen molar-refractivity contribution in [3.05, 3.63) is 83.4 Å². The second-order valence-corrected chi connectivity index (χ2v) is 8.70. The highest BCUT2D eigenvalue weighted by Crippen LogP contribution is 2.43. The SMILES string of the molecule is CCN(CC)c1ccc(N2C(=O)C(=O)/C(=C(\O)c3ccc(OC)c(OC)c3)C2c2ccc(OC)cc2)cc1. The van der Waals surface area contributed by atoms with Crippen LogP contribution in [0, 0.1) is 0 Å². The van der Waals surface area contributed by atoms with Gasteiger partial charge in [-0.25, -0.2) is 0 Å². The third-order valence-electron chi connectivity index (χ3n) is 6.79. The Hall–Kier alpha value is -4.46. The molecule has 3 aromatic rings. The van der Waals surface area contributed by atoms with Crippen LogP contribution in [0.3, 0.4) is 0 Å². The lowest BCUT2D eigenvalue weighted by molar-refractivity contribution is -0.132. The Morgan fingerprint density at radius 3 is 2.03 bits per heavy atom. The van der Waals surface area contributed by atoms with Gasteiger partial charge in [0, 0.05) is 30.0 Å². The first-order chi connectivity index (χ1) is 18.4. The standard InChI is InChI=1S/C30H32N2O6/c1-6-31(7-2)21-11-13-22(14-12-21)32-27(19-8-15-23(36-3)16-9-19)26(29(34)30(32)35)28(33)20-10-17-24(37-4)25(18-20)38-5/h8-18,27,33H,6-7H2,1-5H3/b28-26-. The van der Waals surface area contributed by atoms with Crippen LogP contribution in [-0.4, -0.2) is 51.2 Å². The smallest absolute Gasteiger partial charge is 0.300 e. The van der Waals surface area contributed by atoms with Crippen LogP contribution >= 0.6 is 0 Å². The van der Waals surface area contributed by atoms with Gasteiger partial charge in [-0.15, -0.1) is 0 Å². The molecular formula is C30H32N2O6. The van der Waals surface area contributed by atoms with Crippen molar-refractivity contribution in [1.82, 2.24) is 0 Å². The van der Waals surface area contributed by atoms with E-state index in [9.17, 15) is 14.7 Å². The monoisotopic (exact) mass is 516 g/mol. The number of amides is 1. The highest BCUT2D eigenvalue weighted by molar-refractivity contribution is 6.51. The first-order valence-electron chi connectivity index (χ1n) is 12.4. The van der Waals surface area contributed by atoms with Crippen molar-refractivity contribution in [3.63, 3.8) is 0 Å². The lowest BCUT2D eigenvalue weighted by Crippen LogP contribution is -2.29. The molecule has 0 aliphatic carbocycles. The molecule has 1 amide bonds. The molecular weight excluding hydrogens is 484 g/mol. The molecule has 0 aromatic heterocycles. The third-order valence-corrected chi connectivity index (χ3v) is 6.79. The van der Waals surface area contributed by atoms with Crippen molar-refractivity contribution in [2.75, 3.05) is 44.2 Å². The maximum Gasteiger partial charge on any atom is 0.300 e. The van der Waals surface area contributed by atoms with Crippen LogP contribution < -0.4 is 24.0 Å². The molecule has 3 aromatic carbocycles. The zero-order valence-corrected chi connectivity index (χ0v) is 22.2. The maximum absolute atomic E-state index is 13.5. The van der Waals surface area contributed by atoms with E-state index >= 15 is 0 Å². The fraction of sp³-hybridized carbons (Fsp3) is 0.267. The zero-order chi connectivity index (χ0) is 27.4. The molecule has 1 heterocycles. The number of ether oxygens (including phenoxy) is 3. The Balaban J connectivity index is 1.88. The molecule has 1 unspecified atom stereocenters. The normalized spacial score (nSPS) is 16.4. The van der Waals surface area contributed by atoms with Crippen LogP contribution in [-0.2, 0) is 9.59 Å². The van der Waals surface area contributed by atoms with Gasteiger partial charge < -0.3 is 24.2 Å². The number of carbonyl (C=O) groups is 2. The second-order valence-electron chi connectivity index (χ2n) is 8.70. The lowest BCUT2D eigenvalue weighted by atomic mass is 9.95. The van der Waals surface area contributed by atoms with Crippen molar-refractivity contribution in [2.45, 2.75) is 19.9 Å². The number of aliphatic hydroxyl groups is 1. The highest BCUT2D eigenvalue weighted by Gasteiger charge is 2.47. The molecule has 0 spiro atoms. The van der Waals surface area contributed by atoms with Gasteiger partial charge in [-0.2, -0.15) is 0 Å². The number of carbonyl (C=O) groups excluding carboxylic acids is 2. The van der Waals surface area contributed by atoms with Crippen molar-refractivity contribution in [3.8, 4) is 17.2 Å². The van der Waals surface area contributed by atoms with Gasteiger partial charge in [0.15, 0.2) is 11.5 Å². The van der Waals surface area contributed by atoms with E-state index in [-0.39, 0.29) is 11.3 Å². The van der Waals surface area contributed by atoms with Crippen molar-refractivity contribution < 1.29 is 28.9 Å². The molecule has 8 heteroatoms. The third kappa shape index (κ3) is 4.77. The van der Waals surface area contributed by atoms with E-state index in [0.29, 0.717) is 34.1 Å². The Kier molecular flexibility index (Phi) is 7.90. The molecule has 0 saturated carbocycles. The maximum atomic E-state index is 13.5.